The number of hydrogen-bond donors (Lipinski definition) is 0. The fourth-order valence-electron chi connectivity index (χ4n) is 1.26. The van der Waals surface area contributed by atoms with Gasteiger partial charge in [-0.2, -0.15) is 0 Å². The van der Waals surface area contributed by atoms with Crippen molar-refractivity contribution in [1.82, 2.24) is 0 Å². The first-order chi connectivity index (χ1) is 5.62. The van der Waals surface area contributed by atoms with Crippen LogP contribution in [0.15, 0.2) is 11.8 Å². The van der Waals surface area contributed by atoms with Gasteiger partial charge in [0.2, 0.25) is 0 Å². The van der Waals surface area contributed by atoms with E-state index in [-0.39, 0.29) is 5.97 Å². The molecule has 0 amide bonds. The van der Waals surface area contributed by atoms with Crippen LogP contribution in [0.2, 0.25) is 0 Å². The summed E-state index contributed by atoms with van der Waals surface area (Å²) in [5.74, 6) is -0.381. The summed E-state index contributed by atoms with van der Waals surface area (Å²) in [7, 11) is 0. The van der Waals surface area contributed by atoms with Crippen molar-refractivity contribution in [3.05, 3.63) is 11.8 Å². The maximum Gasteiger partial charge on any atom is 0.337 e. The largest absolute Gasteiger partial charge is 0.457 e. The monoisotopic (exact) mass is 170 g/mol. The van der Waals surface area contributed by atoms with Crippen molar-refractivity contribution in [1.29, 1.82) is 0 Å². The number of rotatable bonds is 2. The summed E-state index contributed by atoms with van der Waals surface area (Å²) >= 11 is 0. The van der Waals surface area contributed by atoms with Gasteiger partial charge in [-0.1, -0.05) is 13.8 Å². The Morgan fingerprint density at radius 3 is 2.33 bits per heavy atom. The van der Waals surface area contributed by atoms with Crippen LogP contribution in [0.4, 0.5) is 0 Å². The molecule has 3 heteroatoms. The number of hydrogen-bond acceptors (Lipinski definition) is 3. The van der Waals surface area contributed by atoms with Crippen molar-refractivity contribution in [2.75, 3.05) is 0 Å². The fourth-order valence-corrected chi connectivity index (χ4v) is 1.26. The molecule has 3 nitrogen and oxygen atoms in total. The van der Waals surface area contributed by atoms with Gasteiger partial charge in [-0.05, 0) is 6.92 Å². The highest BCUT2D eigenvalue weighted by atomic mass is 16.7. The van der Waals surface area contributed by atoms with Crippen LogP contribution in [0, 0.1) is 0 Å². The number of allylic oxidation sites excluding steroid dienone is 1. The summed E-state index contributed by atoms with van der Waals surface area (Å²) in [5, 5.41) is 0. The lowest BCUT2D eigenvalue weighted by Gasteiger charge is -2.34. The molecule has 0 aromatic heterocycles. The molecule has 68 valence electrons. The summed E-state index contributed by atoms with van der Waals surface area (Å²) in [4.78, 5) is 11.0. The second-order valence-electron chi connectivity index (χ2n) is 2.90. The molecule has 0 fully saturated rings. The number of cyclic esters (lactones) is 1. The Hall–Kier alpha value is -0.990. The van der Waals surface area contributed by atoms with Crippen LogP contribution < -0.4 is 0 Å². The average Bonchev–Trinajstić information content (AvgIpc) is 2.02. The highest BCUT2D eigenvalue weighted by molar-refractivity contribution is 5.83. The lowest BCUT2D eigenvalue weighted by molar-refractivity contribution is -0.223. The summed E-state index contributed by atoms with van der Waals surface area (Å²) in [5.41, 5.74) is 0. The van der Waals surface area contributed by atoms with Crippen LogP contribution in [0.3, 0.4) is 0 Å². The number of carbonyl (C=O) groups is 1. The first kappa shape index (κ1) is 9.10. The minimum atomic E-state index is -0.712. The van der Waals surface area contributed by atoms with E-state index in [1.54, 1.807) is 6.92 Å². The molecular weight excluding hydrogens is 156 g/mol. The summed E-state index contributed by atoms with van der Waals surface area (Å²) in [6, 6.07) is 0. The van der Waals surface area contributed by atoms with Crippen LogP contribution in [0.5, 0.6) is 0 Å². The van der Waals surface area contributed by atoms with E-state index in [1.807, 2.05) is 13.8 Å². The van der Waals surface area contributed by atoms with Crippen molar-refractivity contribution >= 4 is 5.97 Å². The molecular formula is C9H14O3. The third kappa shape index (κ3) is 1.60. The second-order valence-corrected chi connectivity index (χ2v) is 2.90. The van der Waals surface area contributed by atoms with Crippen molar-refractivity contribution < 1.29 is 14.3 Å². The van der Waals surface area contributed by atoms with Gasteiger partial charge in [-0.3, -0.25) is 0 Å². The SMILES string of the molecule is CCC1(CC)OC(=O)C=C(C)O1. The van der Waals surface area contributed by atoms with Crippen molar-refractivity contribution in [3.8, 4) is 0 Å². The minimum Gasteiger partial charge on any atom is -0.457 e. The van der Waals surface area contributed by atoms with Crippen molar-refractivity contribution in [3.63, 3.8) is 0 Å². The molecule has 0 aliphatic carbocycles. The number of ether oxygens (including phenoxy) is 2. The molecule has 12 heavy (non-hydrogen) atoms. The molecule has 0 aromatic carbocycles. The lowest BCUT2D eigenvalue weighted by atomic mass is 10.1. The second kappa shape index (κ2) is 3.17. The lowest BCUT2D eigenvalue weighted by Crippen LogP contribution is -2.38. The Morgan fingerprint density at radius 1 is 1.33 bits per heavy atom. The molecule has 0 saturated carbocycles. The van der Waals surface area contributed by atoms with E-state index in [9.17, 15) is 4.79 Å². The zero-order chi connectivity index (χ0) is 9.19. The number of carbonyl (C=O) groups excluding carboxylic acids is 1. The van der Waals surface area contributed by atoms with E-state index in [0.29, 0.717) is 18.6 Å². The van der Waals surface area contributed by atoms with Crippen LogP contribution in [-0.2, 0) is 14.3 Å². The Labute approximate surface area is 72.4 Å². The van der Waals surface area contributed by atoms with Gasteiger partial charge in [0.05, 0.1) is 6.08 Å². The minimum absolute atomic E-state index is 0.303. The molecule has 0 saturated heterocycles. The molecule has 0 atom stereocenters. The van der Waals surface area contributed by atoms with Crippen LogP contribution >= 0.6 is 0 Å². The predicted octanol–water partition coefficient (Wildman–Crippen LogP) is 1.98. The zero-order valence-electron chi connectivity index (χ0n) is 7.72. The van der Waals surface area contributed by atoms with Gasteiger partial charge in [0, 0.05) is 12.8 Å². The van der Waals surface area contributed by atoms with Gasteiger partial charge in [0.15, 0.2) is 0 Å². The standard InChI is InChI=1S/C9H14O3/c1-4-9(5-2)11-7(3)6-8(10)12-9/h6H,4-5H2,1-3H3. The molecule has 1 aliphatic rings. The highest BCUT2D eigenvalue weighted by Crippen LogP contribution is 2.28. The molecule has 0 N–H and O–H groups in total. The molecule has 0 radical (unpaired) electrons. The van der Waals surface area contributed by atoms with Crippen molar-refractivity contribution in [2.45, 2.75) is 39.4 Å². The molecule has 1 heterocycles. The first-order valence-corrected chi connectivity index (χ1v) is 4.22. The van der Waals surface area contributed by atoms with E-state index < -0.39 is 5.79 Å². The smallest absolute Gasteiger partial charge is 0.337 e. The third-order valence-electron chi connectivity index (χ3n) is 2.03. The maximum atomic E-state index is 11.0. The average molecular weight is 170 g/mol. The third-order valence-corrected chi connectivity index (χ3v) is 2.03. The van der Waals surface area contributed by atoms with Gasteiger partial charge in [-0.15, -0.1) is 0 Å². The van der Waals surface area contributed by atoms with Gasteiger partial charge >= 0.3 is 5.97 Å². The Kier molecular flexibility index (Phi) is 2.40. The molecule has 1 rings (SSSR count). The first-order valence-electron chi connectivity index (χ1n) is 4.22. The Morgan fingerprint density at radius 2 is 1.92 bits per heavy atom. The van der Waals surface area contributed by atoms with Gasteiger partial charge in [0.25, 0.3) is 5.79 Å². The molecule has 0 bridgehead atoms. The molecule has 0 spiro atoms. The van der Waals surface area contributed by atoms with Crippen LogP contribution in [0.1, 0.15) is 33.6 Å². The Bertz CT molecular complexity index is 214. The topological polar surface area (TPSA) is 35.5 Å². The zero-order valence-corrected chi connectivity index (χ0v) is 7.72. The molecule has 0 unspecified atom stereocenters. The maximum absolute atomic E-state index is 11.0. The van der Waals surface area contributed by atoms with E-state index in [4.69, 9.17) is 9.47 Å². The van der Waals surface area contributed by atoms with E-state index in [1.165, 1.54) is 6.08 Å². The fraction of sp³-hybridized carbons (Fsp3) is 0.667. The Balaban J connectivity index is 2.83. The van der Waals surface area contributed by atoms with Crippen LogP contribution in [0.25, 0.3) is 0 Å². The van der Waals surface area contributed by atoms with Gasteiger partial charge < -0.3 is 9.47 Å². The highest BCUT2D eigenvalue weighted by Gasteiger charge is 2.35. The normalized spacial score (nSPS) is 20.9. The van der Waals surface area contributed by atoms with Gasteiger partial charge in [0.1, 0.15) is 5.76 Å². The number of esters is 1. The molecule has 1 aliphatic heterocycles. The summed E-state index contributed by atoms with van der Waals surface area (Å²) < 4.78 is 10.6. The van der Waals surface area contributed by atoms with E-state index in [2.05, 4.69) is 0 Å². The van der Waals surface area contributed by atoms with E-state index in [0.717, 1.165) is 0 Å². The predicted molar refractivity (Wildman–Crippen MR) is 44.2 cm³/mol. The van der Waals surface area contributed by atoms with Gasteiger partial charge in [-0.25, -0.2) is 4.79 Å². The summed E-state index contributed by atoms with van der Waals surface area (Å²) in [6.45, 7) is 5.64. The molecule has 0 aromatic rings. The van der Waals surface area contributed by atoms with E-state index >= 15 is 0 Å². The van der Waals surface area contributed by atoms with Crippen LogP contribution in [-0.4, -0.2) is 11.8 Å². The quantitative estimate of drug-likeness (QED) is 0.594. The van der Waals surface area contributed by atoms with Crippen molar-refractivity contribution in [2.24, 2.45) is 0 Å². The summed E-state index contributed by atoms with van der Waals surface area (Å²) in [6.07, 6.45) is 2.73.